The molecule has 1 amide bonds. The number of nitrogens with zero attached hydrogens (tertiary/aromatic N) is 2. The molecule has 3 rings (SSSR count). The summed E-state index contributed by atoms with van der Waals surface area (Å²) in [7, 11) is 0. The van der Waals surface area contributed by atoms with Gasteiger partial charge < -0.3 is 25.0 Å². The second-order valence-electron chi connectivity index (χ2n) is 6.59. The third-order valence-electron chi connectivity index (χ3n) is 4.97. The monoisotopic (exact) mass is 322 g/mol. The molecule has 0 aromatic carbocycles. The minimum absolute atomic E-state index is 0.0283. The number of aliphatic hydroxyl groups excluding tert-OH is 1. The van der Waals surface area contributed by atoms with E-state index in [1.807, 2.05) is 0 Å². The van der Waals surface area contributed by atoms with E-state index in [1.54, 1.807) is 17.9 Å². The van der Waals surface area contributed by atoms with Gasteiger partial charge in [-0.15, -0.1) is 0 Å². The van der Waals surface area contributed by atoms with Gasteiger partial charge in [0.15, 0.2) is 5.69 Å². The molecule has 2 saturated heterocycles. The van der Waals surface area contributed by atoms with E-state index in [-0.39, 0.29) is 17.4 Å². The molecule has 0 saturated carbocycles. The molecular formula is C16H22N2O5. The summed E-state index contributed by atoms with van der Waals surface area (Å²) in [4.78, 5) is 18.0. The number of aromatic nitrogens is 1. The molecule has 2 aliphatic rings. The van der Waals surface area contributed by atoms with Gasteiger partial charge in [0, 0.05) is 25.7 Å². The highest BCUT2D eigenvalue weighted by Crippen LogP contribution is 2.40. The van der Waals surface area contributed by atoms with Crippen LogP contribution in [0.3, 0.4) is 0 Å². The lowest BCUT2D eigenvalue weighted by atomic mass is 9.75. The van der Waals surface area contributed by atoms with Crippen LogP contribution in [0.1, 0.15) is 36.7 Å². The quantitative estimate of drug-likeness (QED) is 0.687. The Morgan fingerprint density at radius 2 is 2.09 bits per heavy atom. The maximum absolute atomic E-state index is 12.5. The number of pyridine rings is 1. The molecule has 0 unspecified atom stereocenters. The maximum Gasteiger partial charge on any atom is 0.276 e. The van der Waals surface area contributed by atoms with Crippen molar-refractivity contribution in [1.29, 1.82) is 0 Å². The first-order valence-electron chi connectivity index (χ1n) is 7.83. The number of rotatable bonds is 1. The van der Waals surface area contributed by atoms with E-state index < -0.39 is 17.3 Å². The van der Waals surface area contributed by atoms with Crippen LogP contribution in [0.15, 0.2) is 18.3 Å². The van der Waals surface area contributed by atoms with E-state index >= 15 is 0 Å². The number of carbonyl (C=O) groups excluding carboxylic acids is 1. The van der Waals surface area contributed by atoms with Crippen LogP contribution in [0.25, 0.3) is 0 Å². The molecule has 2 fully saturated rings. The fraction of sp³-hybridized carbons (Fsp3) is 0.625. The lowest BCUT2D eigenvalue weighted by molar-refractivity contribution is -0.244. The van der Waals surface area contributed by atoms with Crippen LogP contribution in [-0.4, -0.2) is 68.1 Å². The fourth-order valence-electron chi connectivity index (χ4n) is 3.46. The molecule has 0 bridgehead atoms. The van der Waals surface area contributed by atoms with Crippen LogP contribution < -0.4 is 0 Å². The maximum atomic E-state index is 12.5. The van der Waals surface area contributed by atoms with E-state index in [0.29, 0.717) is 39.0 Å². The van der Waals surface area contributed by atoms with Crippen LogP contribution in [0, 0.1) is 0 Å². The lowest BCUT2D eigenvalue weighted by Crippen LogP contribution is -2.64. The Balaban J connectivity index is 1.71. The number of amides is 1. The standard InChI is InChI=1S/C16H22N2O5/c1-15(22)6-10-23-16(14(15)21)4-8-18(9-5-16)13(20)12-11(19)3-2-7-17-12/h2-3,7,14,19,21-22H,4-6,8-10H2,1H3/t14-,15+/m0/s1. The van der Waals surface area contributed by atoms with Gasteiger partial charge in [-0.3, -0.25) is 4.79 Å². The topological polar surface area (TPSA) is 103 Å². The molecule has 1 aromatic heterocycles. The first kappa shape index (κ1) is 16.2. The van der Waals surface area contributed by atoms with Gasteiger partial charge in [-0.2, -0.15) is 0 Å². The van der Waals surface area contributed by atoms with Gasteiger partial charge in [-0.1, -0.05) is 0 Å². The van der Waals surface area contributed by atoms with Crippen molar-refractivity contribution in [3.8, 4) is 5.75 Å². The first-order valence-corrected chi connectivity index (χ1v) is 7.83. The fourth-order valence-corrected chi connectivity index (χ4v) is 3.46. The van der Waals surface area contributed by atoms with Crippen molar-refractivity contribution in [2.24, 2.45) is 0 Å². The second-order valence-corrected chi connectivity index (χ2v) is 6.59. The summed E-state index contributed by atoms with van der Waals surface area (Å²) in [5.41, 5.74) is -1.96. The van der Waals surface area contributed by atoms with Gasteiger partial charge in [0.1, 0.15) is 17.5 Å². The summed E-state index contributed by atoms with van der Waals surface area (Å²) in [6.07, 6.45) is 1.74. The van der Waals surface area contributed by atoms with Crippen LogP contribution in [0.4, 0.5) is 0 Å². The molecule has 0 aliphatic carbocycles. The van der Waals surface area contributed by atoms with Gasteiger partial charge in [0.25, 0.3) is 5.91 Å². The van der Waals surface area contributed by atoms with E-state index in [9.17, 15) is 20.1 Å². The Kier molecular flexibility index (Phi) is 4.03. The molecule has 126 valence electrons. The largest absolute Gasteiger partial charge is 0.505 e. The molecule has 23 heavy (non-hydrogen) atoms. The molecule has 0 radical (unpaired) electrons. The number of hydrogen-bond donors (Lipinski definition) is 3. The minimum atomic E-state index is -1.18. The van der Waals surface area contributed by atoms with Crippen LogP contribution in [-0.2, 0) is 4.74 Å². The first-order chi connectivity index (χ1) is 10.9. The predicted octanol–water partition coefficient (Wildman–Crippen LogP) is 0.294. The summed E-state index contributed by atoms with van der Waals surface area (Å²) < 4.78 is 5.80. The van der Waals surface area contributed by atoms with Gasteiger partial charge in [0.2, 0.25) is 0 Å². The van der Waals surface area contributed by atoms with Crippen molar-refractivity contribution >= 4 is 5.91 Å². The number of ether oxygens (including phenoxy) is 1. The van der Waals surface area contributed by atoms with Crippen molar-refractivity contribution in [2.75, 3.05) is 19.7 Å². The zero-order valence-corrected chi connectivity index (χ0v) is 13.1. The molecule has 1 spiro atoms. The Hall–Kier alpha value is -1.70. The van der Waals surface area contributed by atoms with Crippen LogP contribution in [0.5, 0.6) is 5.75 Å². The zero-order chi connectivity index (χ0) is 16.7. The Bertz CT molecular complexity index is 596. The van der Waals surface area contributed by atoms with Crippen molar-refractivity contribution < 1.29 is 24.9 Å². The number of aliphatic hydroxyl groups is 2. The van der Waals surface area contributed by atoms with Gasteiger partial charge in [-0.05, 0) is 31.9 Å². The Morgan fingerprint density at radius 1 is 1.39 bits per heavy atom. The highest BCUT2D eigenvalue weighted by molar-refractivity contribution is 5.94. The predicted molar refractivity (Wildman–Crippen MR) is 81.0 cm³/mol. The highest BCUT2D eigenvalue weighted by atomic mass is 16.5. The average Bonchev–Trinajstić information content (AvgIpc) is 2.53. The van der Waals surface area contributed by atoms with E-state index in [2.05, 4.69) is 4.98 Å². The van der Waals surface area contributed by atoms with E-state index in [4.69, 9.17) is 4.74 Å². The molecule has 2 atom stereocenters. The Labute approximate surface area is 134 Å². The lowest BCUT2D eigenvalue weighted by Gasteiger charge is -2.51. The minimum Gasteiger partial charge on any atom is -0.505 e. The number of likely N-dealkylation sites (tertiary alicyclic amines) is 1. The number of aromatic hydroxyl groups is 1. The molecule has 3 heterocycles. The molecule has 2 aliphatic heterocycles. The Morgan fingerprint density at radius 3 is 2.74 bits per heavy atom. The number of piperidine rings is 1. The highest BCUT2D eigenvalue weighted by Gasteiger charge is 2.53. The summed E-state index contributed by atoms with van der Waals surface area (Å²) in [6.45, 7) is 2.76. The van der Waals surface area contributed by atoms with Gasteiger partial charge in [-0.25, -0.2) is 4.98 Å². The van der Waals surface area contributed by atoms with Gasteiger partial charge >= 0.3 is 0 Å². The third kappa shape index (κ3) is 2.80. The van der Waals surface area contributed by atoms with Crippen molar-refractivity contribution in [1.82, 2.24) is 9.88 Å². The normalized spacial score (nSPS) is 30.4. The average molecular weight is 322 g/mol. The van der Waals surface area contributed by atoms with Crippen molar-refractivity contribution in [3.63, 3.8) is 0 Å². The zero-order valence-electron chi connectivity index (χ0n) is 13.1. The molecule has 3 N–H and O–H groups in total. The van der Waals surface area contributed by atoms with Crippen molar-refractivity contribution in [3.05, 3.63) is 24.0 Å². The van der Waals surface area contributed by atoms with Gasteiger partial charge in [0.05, 0.1) is 12.2 Å². The molecular weight excluding hydrogens is 300 g/mol. The summed E-state index contributed by atoms with van der Waals surface area (Å²) >= 11 is 0. The SMILES string of the molecule is C[C@@]1(O)CCOC2(CCN(C(=O)c3ncccc3O)CC2)[C@H]1O. The van der Waals surface area contributed by atoms with Crippen LogP contribution >= 0.6 is 0 Å². The van der Waals surface area contributed by atoms with E-state index in [0.717, 1.165) is 0 Å². The van der Waals surface area contributed by atoms with Crippen molar-refractivity contribution in [2.45, 2.75) is 43.5 Å². The molecule has 7 nitrogen and oxygen atoms in total. The summed E-state index contributed by atoms with van der Waals surface area (Å²) in [5.74, 6) is -0.482. The third-order valence-corrected chi connectivity index (χ3v) is 4.97. The number of hydrogen-bond acceptors (Lipinski definition) is 6. The second kappa shape index (κ2) is 5.74. The van der Waals surface area contributed by atoms with E-state index in [1.165, 1.54) is 12.3 Å². The van der Waals surface area contributed by atoms with Crippen LogP contribution in [0.2, 0.25) is 0 Å². The molecule has 1 aromatic rings. The molecule has 7 heteroatoms. The summed E-state index contributed by atoms with van der Waals surface area (Å²) in [5, 5.41) is 30.5. The number of carbonyl (C=O) groups is 1. The summed E-state index contributed by atoms with van der Waals surface area (Å²) in [6, 6.07) is 2.99. The smallest absolute Gasteiger partial charge is 0.276 e.